The molecule has 2 bridgehead atoms. The predicted octanol–water partition coefficient (Wildman–Crippen LogP) is 2.02. The van der Waals surface area contributed by atoms with Crippen molar-refractivity contribution in [2.45, 2.75) is 45.6 Å². The van der Waals surface area contributed by atoms with E-state index in [1.807, 2.05) is 6.92 Å². The van der Waals surface area contributed by atoms with Gasteiger partial charge in [0.15, 0.2) is 0 Å². The highest BCUT2D eigenvalue weighted by Crippen LogP contribution is 2.48. The third kappa shape index (κ3) is 2.43. The van der Waals surface area contributed by atoms with Crippen molar-refractivity contribution in [3.05, 3.63) is 0 Å². The van der Waals surface area contributed by atoms with Gasteiger partial charge >= 0.3 is 0 Å². The van der Waals surface area contributed by atoms with Crippen molar-refractivity contribution in [2.24, 2.45) is 17.8 Å². The van der Waals surface area contributed by atoms with Gasteiger partial charge in [-0.25, -0.2) is 8.93 Å². The lowest BCUT2D eigenvalue weighted by Crippen LogP contribution is -2.41. The quantitative estimate of drug-likeness (QED) is 0.786. The predicted molar refractivity (Wildman–Crippen MR) is 61.3 cm³/mol. The molecule has 0 aromatic carbocycles. The van der Waals surface area contributed by atoms with Crippen molar-refractivity contribution < 1.29 is 8.39 Å². The molecule has 0 amide bonds. The van der Waals surface area contributed by atoms with Crippen LogP contribution in [0.3, 0.4) is 0 Å². The van der Waals surface area contributed by atoms with Gasteiger partial charge < -0.3 is 0 Å². The summed E-state index contributed by atoms with van der Waals surface area (Å²) in [5.74, 6) is 2.26. The first-order chi connectivity index (χ1) is 7.22. The molecule has 0 spiro atoms. The molecule has 15 heavy (non-hydrogen) atoms. The molecule has 88 valence electrons. The van der Waals surface area contributed by atoms with Crippen molar-refractivity contribution in [3.8, 4) is 0 Å². The minimum atomic E-state index is -1.28. The molecule has 1 N–H and O–H groups in total. The summed E-state index contributed by atoms with van der Waals surface area (Å²) in [6, 6.07) is 0.418. The second-order valence-corrected chi connectivity index (χ2v) is 5.83. The SMILES string of the molecule is CCCOS(=O)NC1[C@H]2CC[C@H](C2)[C@@H]1C. The van der Waals surface area contributed by atoms with Crippen LogP contribution in [0.25, 0.3) is 0 Å². The summed E-state index contributed by atoms with van der Waals surface area (Å²) in [6.07, 6.45) is 4.91. The molecule has 3 nitrogen and oxygen atoms in total. The first-order valence-electron chi connectivity index (χ1n) is 6.03. The average Bonchev–Trinajstić information content (AvgIpc) is 2.79. The van der Waals surface area contributed by atoms with Crippen molar-refractivity contribution in [3.63, 3.8) is 0 Å². The summed E-state index contributed by atoms with van der Waals surface area (Å²) < 4.78 is 19.9. The van der Waals surface area contributed by atoms with Crippen molar-refractivity contribution in [2.75, 3.05) is 6.61 Å². The molecule has 0 aliphatic heterocycles. The first-order valence-corrected chi connectivity index (χ1v) is 7.11. The molecule has 2 aliphatic rings. The molecular weight excluding hydrogens is 210 g/mol. The Labute approximate surface area is 94.8 Å². The van der Waals surface area contributed by atoms with Crippen LogP contribution in [0.15, 0.2) is 0 Å². The van der Waals surface area contributed by atoms with Crippen LogP contribution in [0, 0.1) is 17.8 Å². The Bertz CT molecular complexity index is 245. The summed E-state index contributed by atoms with van der Waals surface area (Å²) in [5, 5.41) is 0. The smallest absolute Gasteiger partial charge is 0.234 e. The zero-order valence-corrected chi connectivity index (χ0v) is 10.4. The fourth-order valence-corrected chi connectivity index (χ4v) is 4.10. The number of fused-ring (bicyclic) bond motifs is 2. The second-order valence-electron chi connectivity index (χ2n) is 4.89. The molecule has 2 rings (SSSR count). The standard InChI is InChI=1S/C11H21NO2S/c1-3-6-14-15(13)12-11-8(2)9-4-5-10(11)7-9/h8-12H,3-7H2,1-2H3/t8-,9+,10-,11?,15?/m0/s1. The van der Waals surface area contributed by atoms with E-state index in [0.29, 0.717) is 18.6 Å². The molecule has 5 atom stereocenters. The van der Waals surface area contributed by atoms with Gasteiger partial charge in [-0.15, -0.1) is 0 Å². The molecule has 2 aliphatic carbocycles. The van der Waals surface area contributed by atoms with Crippen LogP contribution in [-0.4, -0.2) is 16.9 Å². The van der Waals surface area contributed by atoms with Gasteiger partial charge in [-0.05, 0) is 43.4 Å². The fraction of sp³-hybridized carbons (Fsp3) is 1.00. The van der Waals surface area contributed by atoms with Crippen LogP contribution in [-0.2, 0) is 15.4 Å². The minimum absolute atomic E-state index is 0.418. The van der Waals surface area contributed by atoms with Crippen LogP contribution in [0.4, 0.5) is 0 Å². The highest BCUT2D eigenvalue weighted by atomic mass is 32.2. The summed E-state index contributed by atoms with van der Waals surface area (Å²) in [6.45, 7) is 4.88. The van der Waals surface area contributed by atoms with E-state index in [-0.39, 0.29) is 0 Å². The van der Waals surface area contributed by atoms with E-state index in [0.717, 1.165) is 18.3 Å². The van der Waals surface area contributed by atoms with Crippen molar-refractivity contribution >= 4 is 11.3 Å². The monoisotopic (exact) mass is 231 g/mol. The molecule has 2 unspecified atom stereocenters. The normalized spacial score (nSPS) is 40.9. The number of rotatable bonds is 5. The molecule has 0 heterocycles. The van der Waals surface area contributed by atoms with Gasteiger partial charge in [0.05, 0.1) is 6.61 Å². The zero-order chi connectivity index (χ0) is 10.8. The zero-order valence-electron chi connectivity index (χ0n) is 9.57. The summed E-state index contributed by atoms with van der Waals surface area (Å²) in [5.41, 5.74) is 0. The molecule has 4 heteroatoms. The van der Waals surface area contributed by atoms with Gasteiger partial charge in [0.1, 0.15) is 0 Å². The molecule has 0 aromatic rings. The van der Waals surface area contributed by atoms with E-state index in [1.54, 1.807) is 0 Å². The molecule has 2 saturated carbocycles. The topological polar surface area (TPSA) is 38.3 Å². The van der Waals surface area contributed by atoms with E-state index in [9.17, 15) is 4.21 Å². The van der Waals surface area contributed by atoms with Gasteiger partial charge in [-0.2, -0.15) is 0 Å². The Morgan fingerprint density at radius 2 is 2.13 bits per heavy atom. The average molecular weight is 231 g/mol. The number of nitrogens with one attached hydrogen (secondary N) is 1. The highest BCUT2D eigenvalue weighted by Gasteiger charge is 2.45. The molecule has 0 saturated heterocycles. The van der Waals surface area contributed by atoms with Gasteiger partial charge in [-0.3, -0.25) is 4.18 Å². The lowest BCUT2D eigenvalue weighted by Gasteiger charge is -2.28. The third-order valence-electron chi connectivity index (χ3n) is 3.96. The maximum absolute atomic E-state index is 11.6. The van der Waals surface area contributed by atoms with Crippen molar-refractivity contribution in [1.82, 2.24) is 4.72 Å². The largest absolute Gasteiger partial charge is 0.278 e. The molecule has 2 fully saturated rings. The van der Waals surface area contributed by atoms with Crippen LogP contribution in [0.5, 0.6) is 0 Å². The van der Waals surface area contributed by atoms with Gasteiger partial charge in [0.25, 0.3) is 0 Å². The number of hydrogen-bond acceptors (Lipinski definition) is 2. The van der Waals surface area contributed by atoms with Gasteiger partial charge in [0, 0.05) is 6.04 Å². The highest BCUT2D eigenvalue weighted by molar-refractivity contribution is 7.78. The van der Waals surface area contributed by atoms with E-state index in [1.165, 1.54) is 19.3 Å². The lowest BCUT2D eigenvalue weighted by atomic mass is 9.87. The lowest BCUT2D eigenvalue weighted by molar-refractivity contribution is 0.279. The fourth-order valence-electron chi connectivity index (χ4n) is 3.09. The Morgan fingerprint density at radius 3 is 2.73 bits per heavy atom. The molecule has 0 aromatic heterocycles. The van der Waals surface area contributed by atoms with Crippen LogP contribution < -0.4 is 4.72 Å². The maximum atomic E-state index is 11.6. The Morgan fingerprint density at radius 1 is 1.40 bits per heavy atom. The van der Waals surface area contributed by atoms with Crippen LogP contribution in [0.2, 0.25) is 0 Å². The summed E-state index contributed by atoms with van der Waals surface area (Å²) in [4.78, 5) is 0. The summed E-state index contributed by atoms with van der Waals surface area (Å²) >= 11 is -1.28. The van der Waals surface area contributed by atoms with E-state index in [4.69, 9.17) is 4.18 Å². The molecular formula is C11H21NO2S. The Balaban J connectivity index is 1.82. The van der Waals surface area contributed by atoms with Crippen molar-refractivity contribution in [1.29, 1.82) is 0 Å². The Kier molecular flexibility index (Phi) is 3.80. The van der Waals surface area contributed by atoms with Crippen LogP contribution >= 0.6 is 0 Å². The van der Waals surface area contributed by atoms with E-state index >= 15 is 0 Å². The minimum Gasteiger partial charge on any atom is -0.278 e. The van der Waals surface area contributed by atoms with Gasteiger partial charge in [-0.1, -0.05) is 13.8 Å². The molecule has 0 radical (unpaired) electrons. The van der Waals surface area contributed by atoms with E-state index in [2.05, 4.69) is 11.6 Å². The van der Waals surface area contributed by atoms with E-state index < -0.39 is 11.3 Å². The van der Waals surface area contributed by atoms with Crippen LogP contribution in [0.1, 0.15) is 39.5 Å². The summed E-state index contributed by atoms with van der Waals surface area (Å²) in [7, 11) is 0. The first kappa shape index (κ1) is 11.6. The third-order valence-corrected chi connectivity index (χ3v) is 4.80. The Hall–Kier alpha value is 0.0700. The maximum Gasteiger partial charge on any atom is 0.234 e. The number of hydrogen-bond donors (Lipinski definition) is 1. The second kappa shape index (κ2) is 4.93. The van der Waals surface area contributed by atoms with Gasteiger partial charge in [0.2, 0.25) is 11.3 Å².